The molecule has 1 aliphatic carbocycles. The summed E-state index contributed by atoms with van der Waals surface area (Å²) in [5.74, 6) is 0. The van der Waals surface area contributed by atoms with Crippen LogP contribution >= 0.6 is 11.8 Å². The van der Waals surface area contributed by atoms with Gasteiger partial charge in [0.25, 0.3) is 0 Å². The predicted molar refractivity (Wildman–Crippen MR) is 75.0 cm³/mol. The Labute approximate surface area is 116 Å². The molecular formula is C13H17N5S. The van der Waals surface area contributed by atoms with Crippen LogP contribution in [0.5, 0.6) is 0 Å². The minimum absolute atomic E-state index is 0.464. The average molecular weight is 275 g/mol. The monoisotopic (exact) mass is 275 g/mol. The van der Waals surface area contributed by atoms with E-state index in [9.17, 15) is 0 Å². The molecule has 19 heavy (non-hydrogen) atoms. The summed E-state index contributed by atoms with van der Waals surface area (Å²) in [6.07, 6.45) is 4.91. The molecule has 2 aromatic rings. The molecule has 0 bridgehead atoms. The van der Waals surface area contributed by atoms with Crippen molar-refractivity contribution in [3.05, 3.63) is 23.8 Å². The molecule has 1 heterocycles. The van der Waals surface area contributed by atoms with Crippen LogP contribution in [0, 0.1) is 6.92 Å². The predicted octanol–water partition coefficient (Wildman–Crippen LogP) is 2.83. The molecule has 1 aliphatic rings. The van der Waals surface area contributed by atoms with Crippen LogP contribution in [-0.2, 0) is 0 Å². The topological polar surface area (TPSA) is 69.6 Å². The Morgan fingerprint density at radius 1 is 1.32 bits per heavy atom. The molecule has 0 unspecified atom stereocenters. The molecule has 0 spiro atoms. The first-order valence-electron chi connectivity index (χ1n) is 6.56. The fourth-order valence-corrected chi connectivity index (χ4v) is 3.43. The second-order valence-electron chi connectivity index (χ2n) is 4.97. The number of nitrogens with zero attached hydrogens (tertiary/aromatic N) is 4. The lowest BCUT2D eigenvalue weighted by atomic mass is 10.2. The van der Waals surface area contributed by atoms with Crippen LogP contribution in [0.4, 0.5) is 5.69 Å². The first kappa shape index (κ1) is 12.5. The lowest BCUT2D eigenvalue weighted by molar-refractivity contribution is 0.423. The van der Waals surface area contributed by atoms with E-state index in [-0.39, 0.29) is 0 Å². The summed E-state index contributed by atoms with van der Waals surface area (Å²) >= 11 is 1.61. The smallest absolute Gasteiger partial charge is 0.214 e. The van der Waals surface area contributed by atoms with Crippen LogP contribution in [0.3, 0.4) is 0 Å². The largest absolute Gasteiger partial charge is 0.399 e. The van der Waals surface area contributed by atoms with Crippen LogP contribution < -0.4 is 5.73 Å². The van der Waals surface area contributed by atoms with Crippen molar-refractivity contribution in [3.8, 4) is 0 Å². The molecule has 1 aromatic heterocycles. The number of hydrogen-bond acceptors (Lipinski definition) is 5. The fraction of sp³-hybridized carbons (Fsp3) is 0.462. The zero-order chi connectivity index (χ0) is 13.2. The SMILES string of the molecule is Cc1cc(N)ccc1Sc1nnnn1C1CCCC1. The minimum atomic E-state index is 0.464. The van der Waals surface area contributed by atoms with Gasteiger partial charge >= 0.3 is 0 Å². The van der Waals surface area contributed by atoms with Gasteiger partial charge in [-0.3, -0.25) is 0 Å². The maximum Gasteiger partial charge on any atom is 0.214 e. The van der Waals surface area contributed by atoms with Gasteiger partial charge in [0, 0.05) is 10.6 Å². The van der Waals surface area contributed by atoms with Gasteiger partial charge < -0.3 is 5.73 Å². The van der Waals surface area contributed by atoms with E-state index in [2.05, 4.69) is 22.4 Å². The van der Waals surface area contributed by atoms with Gasteiger partial charge in [-0.1, -0.05) is 12.8 Å². The first-order valence-corrected chi connectivity index (χ1v) is 7.37. The highest BCUT2D eigenvalue weighted by atomic mass is 32.2. The number of nitrogens with two attached hydrogens (primary N) is 1. The third-order valence-electron chi connectivity index (χ3n) is 3.53. The Kier molecular flexibility index (Phi) is 3.42. The maximum atomic E-state index is 5.78. The Morgan fingerprint density at radius 2 is 2.11 bits per heavy atom. The number of aromatic nitrogens is 4. The van der Waals surface area contributed by atoms with E-state index in [1.807, 2.05) is 22.9 Å². The lowest BCUT2D eigenvalue weighted by Gasteiger charge is -2.11. The molecule has 100 valence electrons. The van der Waals surface area contributed by atoms with Crippen LogP contribution in [-0.4, -0.2) is 20.2 Å². The second kappa shape index (κ2) is 5.21. The standard InChI is InChI=1S/C13H17N5S/c1-9-8-10(14)6-7-12(9)19-13-15-16-17-18(13)11-4-2-3-5-11/h6-8,11H,2-5,14H2,1H3. The van der Waals surface area contributed by atoms with E-state index >= 15 is 0 Å². The number of benzene rings is 1. The van der Waals surface area contributed by atoms with Gasteiger partial charge in [-0.25, -0.2) is 4.68 Å². The van der Waals surface area contributed by atoms with Crippen molar-refractivity contribution in [2.45, 2.75) is 48.7 Å². The Hall–Kier alpha value is -1.56. The highest BCUT2D eigenvalue weighted by Crippen LogP contribution is 2.35. The highest BCUT2D eigenvalue weighted by Gasteiger charge is 2.22. The van der Waals surface area contributed by atoms with E-state index < -0.39 is 0 Å². The van der Waals surface area contributed by atoms with Crippen LogP contribution in [0.15, 0.2) is 28.3 Å². The van der Waals surface area contributed by atoms with Gasteiger partial charge in [0.05, 0.1) is 6.04 Å². The molecule has 0 saturated heterocycles. The second-order valence-corrected chi connectivity index (χ2v) is 5.98. The number of rotatable bonds is 3. The van der Waals surface area contributed by atoms with Crippen molar-refractivity contribution in [2.24, 2.45) is 0 Å². The van der Waals surface area contributed by atoms with E-state index in [0.717, 1.165) is 21.3 Å². The van der Waals surface area contributed by atoms with E-state index in [1.165, 1.54) is 25.7 Å². The van der Waals surface area contributed by atoms with Gasteiger partial charge in [0.2, 0.25) is 5.16 Å². The molecule has 5 nitrogen and oxygen atoms in total. The number of nitrogen functional groups attached to an aromatic ring is 1. The Bertz CT molecular complexity index is 574. The summed E-state index contributed by atoms with van der Waals surface area (Å²) in [5, 5.41) is 13.0. The summed E-state index contributed by atoms with van der Waals surface area (Å²) < 4.78 is 1.98. The molecule has 1 saturated carbocycles. The van der Waals surface area contributed by atoms with E-state index in [4.69, 9.17) is 5.73 Å². The molecule has 0 atom stereocenters. The molecule has 0 aliphatic heterocycles. The van der Waals surface area contributed by atoms with Gasteiger partial charge in [-0.05, 0) is 65.7 Å². The van der Waals surface area contributed by atoms with Crippen LogP contribution in [0.2, 0.25) is 0 Å². The fourth-order valence-electron chi connectivity index (χ4n) is 2.52. The number of aryl methyl sites for hydroxylation is 1. The lowest BCUT2D eigenvalue weighted by Crippen LogP contribution is -2.08. The third-order valence-corrected chi connectivity index (χ3v) is 4.66. The summed E-state index contributed by atoms with van der Waals surface area (Å²) in [5.41, 5.74) is 7.72. The normalized spacial score (nSPS) is 16.1. The van der Waals surface area contributed by atoms with Gasteiger partial charge in [-0.2, -0.15) is 0 Å². The molecule has 6 heteroatoms. The van der Waals surface area contributed by atoms with Crippen LogP contribution in [0.25, 0.3) is 0 Å². The maximum absolute atomic E-state index is 5.78. The zero-order valence-corrected chi connectivity index (χ0v) is 11.7. The quantitative estimate of drug-likeness (QED) is 0.872. The minimum Gasteiger partial charge on any atom is -0.399 e. The zero-order valence-electron chi connectivity index (χ0n) is 10.9. The summed E-state index contributed by atoms with van der Waals surface area (Å²) in [7, 11) is 0. The van der Waals surface area contributed by atoms with Gasteiger partial charge in [0.15, 0.2) is 0 Å². The third kappa shape index (κ3) is 2.58. The molecule has 1 fully saturated rings. The van der Waals surface area contributed by atoms with Gasteiger partial charge in [-0.15, -0.1) is 5.10 Å². The molecule has 3 rings (SSSR count). The van der Waals surface area contributed by atoms with Crippen molar-refractivity contribution in [3.63, 3.8) is 0 Å². The van der Waals surface area contributed by atoms with Gasteiger partial charge in [0.1, 0.15) is 0 Å². The molecular weight excluding hydrogens is 258 g/mol. The summed E-state index contributed by atoms with van der Waals surface area (Å²) in [4.78, 5) is 1.16. The van der Waals surface area contributed by atoms with Crippen molar-refractivity contribution < 1.29 is 0 Å². The number of tetrazole rings is 1. The average Bonchev–Trinajstić information content (AvgIpc) is 3.03. The Balaban J connectivity index is 1.85. The molecule has 0 radical (unpaired) electrons. The number of anilines is 1. The molecule has 1 aromatic carbocycles. The van der Waals surface area contributed by atoms with Crippen molar-refractivity contribution in [2.75, 3.05) is 5.73 Å². The van der Waals surface area contributed by atoms with E-state index in [1.54, 1.807) is 11.8 Å². The summed E-state index contributed by atoms with van der Waals surface area (Å²) in [6.45, 7) is 2.06. The molecule has 2 N–H and O–H groups in total. The van der Waals surface area contributed by atoms with Crippen molar-refractivity contribution in [1.29, 1.82) is 0 Å². The Morgan fingerprint density at radius 3 is 2.84 bits per heavy atom. The summed E-state index contributed by atoms with van der Waals surface area (Å²) in [6, 6.07) is 6.39. The molecule has 0 amide bonds. The highest BCUT2D eigenvalue weighted by molar-refractivity contribution is 7.99. The van der Waals surface area contributed by atoms with Crippen LogP contribution in [0.1, 0.15) is 37.3 Å². The van der Waals surface area contributed by atoms with Crippen molar-refractivity contribution in [1.82, 2.24) is 20.2 Å². The van der Waals surface area contributed by atoms with Crippen molar-refractivity contribution >= 4 is 17.4 Å². The first-order chi connectivity index (χ1) is 9.24. The number of hydrogen-bond donors (Lipinski definition) is 1. The van der Waals surface area contributed by atoms with E-state index in [0.29, 0.717) is 6.04 Å².